The zero-order valence-corrected chi connectivity index (χ0v) is 17.5. The van der Waals surface area contributed by atoms with Gasteiger partial charge in [0.05, 0.1) is 12.1 Å². The molecule has 6 heteroatoms. The normalized spacial score (nSPS) is 19.0. The van der Waals surface area contributed by atoms with Gasteiger partial charge in [0.25, 0.3) is 0 Å². The van der Waals surface area contributed by atoms with Crippen molar-refractivity contribution < 1.29 is 4.74 Å². The van der Waals surface area contributed by atoms with Crippen LogP contribution in [-0.2, 0) is 4.74 Å². The number of guanidine groups is 1. The maximum Gasteiger partial charge on any atom is 0.191 e. The molecule has 0 spiro atoms. The Balaban J connectivity index is 0.00000288. The van der Waals surface area contributed by atoms with E-state index in [9.17, 15) is 0 Å². The molecule has 1 heterocycles. The summed E-state index contributed by atoms with van der Waals surface area (Å²) in [5.74, 6) is 0.833. The number of benzene rings is 1. The number of ether oxygens (including phenoxy) is 1. The molecule has 24 heavy (non-hydrogen) atoms. The fraction of sp³-hybridized carbons (Fsp3) is 0.611. The molecule has 0 bridgehead atoms. The zero-order chi connectivity index (χ0) is 16.7. The van der Waals surface area contributed by atoms with Crippen molar-refractivity contribution in [2.24, 2.45) is 4.99 Å². The number of aliphatic imine (C=N–C) groups is 1. The lowest BCUT2D eigenvalue weighted by molar-refractivity contribution is 0.113. The van der Waals surface area contributed by atoms with Crippen LogP contribution in [0.4, 0.5) is 0 Å². The van der Waals surface area contributed by atoms with Gasteiger partial charge >= 0.3 is 0 Å². The second-order valence-electron chi connectivity index (χ2n) is 6.36. The number of likely N-dealkylation sites (N-methyl/N-ethyl adjacent to an activating group) is 1. The monoisotopic (exact) mass is 446 g/mol. The SMILES string of the molecule is CN=C(NCC1CCCO1)NCC(c1ccc(C)cc1)N(C)C.I. The summed E-state index contributed by atoms with van der Waals surface area (Å²) in [6.07, 6.45) is 2.61. The first-order chi connectivity index (χ1) is 11.1. The summed E-state index contributed by atoms with van der Waals surface area (Å²) >= 11 is 0. The van der Waals surface area contributed by atoms with Crippen LogP contribution in [0.15, 0.2) is 29.3 Å². The van der Waals surface area contributed by atoms with Crippen LogP contribution in [0, 0.1) is 6.92 Å². The van der Waals surface area contributed by atoms with Crippen molar-refractivity contribution >= 4 is 29.9 Å². The van der Waals surface area contributed by atoms with Crippen LogP contribution < -0.4 is 10.6 Å². The van der Waals surface area contributed by atoms with Crippen LogP contribution in [0.2, 0.25) is 0 Å². The molecule has 1 saturated heterocycles. The van der Waals surface area contributed by atoms with Gasteiger partial charge in [-0.2, -0.15) is 0 Å². The maximum absolute atomic E-state index is 5.64. The summed E-state index contributed by atoms with van der Waals surface area (Å²) in [5, 5.41) is 6.79. The molecular weight excluding hydrogens is 415 g/mol. The number of halogens is 1. The van der Waals surface area contributed by atoms with Crippen molar-refractivity contribution in [3.05, 3.63) is 35.4 Å². The number of nitrogens with zero attached hydrogens (tertiary/aromatic N) is 2. The Hall–Kier alpha value is -0.860. The minimum Gasteiger partial charge on any atom is -0.376 e. The standard InChI is InChI=1S/C18H30N4O.HI/c1-14-7-9-15(10-8-14)17(22(3)4)13-21-18(19-2)20-12-16-6-5-11-23-16;/h7-10,16-17H,5-6,11-13H2,1-4H3,(H2,19,20,21);1H. The topological polar surface area (TPSA) is 48.9 Å². The van der Waals surface area contributed by atoms with Crippen molar-refractivity contribution in [2.75, 3.05) is 40.8 Å². The third-order valence-corrected chi connectivity index (χ3v) is 4.29. The van der Waals surface area contributed by atoms with Crippen molar-refractivity contribution in [3.8, 4) is 0 Å². The summed E-state index contributed by atoms with van der Waals surface area (Å²) in [6, 6.07) is 9.03. The molecule has 1 aromatic carbocycles. The van der Waals surface area contributed by atoms with E-state index in [4.69, 9.17) is 4.74 Å². The predicted octanol–water partition coefficient (Wildman–Crippen LogP) is 2.56. The third-order valence-electron chi connectivity index (χ3n) is 4.29. The molecule has 0 saturated carbocycles. The van der Waals surface area contributed by atoms with E-state index in [0.717, 1.165) is 38.5 Å². The van der Waals surface area contributed by atoms with Crippen LogP contribution >= 0.6 is 24.0 Å². The quantitative estimate of drug-likeness (QED) is 0.401. The van der Waals surface area contributed by atoms with Crippen LogP contribution in [-0.4, -0.2) is 57.8 Å². The highest BCUT2D eigenvalue weighted by molar-refractivity contribution is 14.0. The van der Waals surface area contributed by atoms with Gasteiger partial charge in [-0.3, -0.25) is 4.99 Å². The number of nitrogens with one attached hydrogen (secondary N) is 2. The van der Waals surface area contributed by atoms with E-state index in [2.05, 4.69) is 65.8 Å². The number of hydrogen-bond acceptors (Lipinski definition) is 3. The average Bonchev–Trinajstić information content (AvgIpc) is 3.05. The summed E-state index contributed by atoms with van der Waals surface area (Å²) in [7, 11) is 6.02. The first-order valence-electron chi connectivity index (χ1n) is 8.39. The number of aryl methyl sites for hydroxylation is 1. The molecular formula is C18H31IN4O. The van der Waals surface area contributed by atoms with Gasteiger partial charge in [0.15, 0.2) is 5.96 Å². The van der Waals surface area contributed by atoms with Crippen LogP contribution in [0.25, 0.3) is 0 Å². The molecule has 1 aliphatic rings. The minimum absolute atomic E-state index is 0. The van der Waals surface area contributed by atoms with E-state index in [1.165, 1.54) is 11.1 Å². The Morgan fingerprint density at radius 2 is 2.00 bits per heavy atom. The van der Waals surface area contributed by atoms with Crippen LogP contribution in [0.5, 0.6) is 0 Å². The highest BCUT2D eigenvalue weighted by Crippen LogP contribution is 2.17. The minimum atomic E-state index is 0. The van der Waals surface area contributed by atoms with Gasteiger partial charge in [-0.15, -0.1) is 24.0 Å². The predicted molar refractivity (Wildman–Crippen MR) is 111 cm³/mol. The van der Waals surface area contributed by atoms with Crippen LogP contribution in [0.3, 0.4) is 0 Å². The van der Waals surface area contributed by atoms with Crippen molar-refractivity contribution in [1.82, 2.24) is 15.5 Å². The smallest absolute Gasteiger partial charge is 0.191 e. The summed E-state index contributed by atoms with van der Waals surface area (Å²) in [6.45, 7) is 4.62. The van der Waals surface area contributed by atoms with Gasteiger partial charge in [-0.1, -0.05) is 29.8 Å². The van der Waals surface area contributed by atoms with E-state index < -0.39 is 0 Å². The largest absolute Gasteiger partial charge is 0.376 e. The van der Waals surface area contributed by atoms with Gasteiger partial charge in [0.2, 0.25) is 0 Å². The highest BCUT2D eigenvalue weighted by Gasteiger charge is 2.17. The molecule has 136 valence electrons. The second kappa shape index (κ2) is 10.9. The van der Waals surface area contributed by atoms with E-state index in [-0.39, 0.29) is 24.0 Å². The molecule has 0 amide bonds. The van der Waals surface area contributed by atoms with Crippen molar-refractivity contribution in [3.63, 3.8) is 0 Å². The Morgan fingerprint density at radius 3 is 2.54 bits per heavy atom. The Bertz CT molecular complexity index is 498. The fourth-order valence-corrected chi connectivity index (χ4v) is 2.82. The average molecular weight is 446 g/mol. The number of hydrogen-bond donors (Lipinski definition) is 2. The molecule has 1 aromatic rings. The zero-order valence-electron chi connectivity index (χ0n) is 15.2. The molecule has 2 unspecified atom stereocenters. The summed E-state index contributed by atoms with van der Waals surface area (Å²) in [4.78, 5) is 6.54. The second-order valence-corrected chi connectivity index (χ2v) is 6.36. The molecule has 5 nitrogen and oxygen atoms in total. The van der Waals surface area contributed by atoms with E-state index in [1.807, 2.05) is 0 Å². The van der Waals surface area contributed by atoms with Gasteiger partial charge in [-0.25, -0.2) is 0 Å². The van der Waals surface area contributed by atoms with Gasteiger partial charge in [-0.05, 0) is 39.4 Å². The molecule has 2 atom stereocenters. The van der Waals surface area contributed by atoms with E-state index in [1.54, 1.807) is 7.05 Å². The summed E-state index contributed by atoms with van der Waals surface area (Å²) in [5.41, 5.74) is 2.59. The Labute approximate surface area is 163 Å². The van der Waals surface area contributed by atoms with Gasteiger partial charge in [0.1, 0.15) is 0 Å². The lowest BCUT2D eigenvalue weighted by atomic mass is 10.0. The molecule has 0 aromatic heterocycles. The molecule has 1 fully saturated rings. The molecule has 0 aliphatic carbocycles. The lowest BCUT2D eigenvalue weighted by Crippen LogP contribution is -2.44. The molecule has 1 aliphatic heterocycles. The van der Waals surface area contributed by atoms with Gasteiger partial charge in [0, 0.05) is 26.7 Å². The molecule has 0 radical (unpaired) electrons. The van der Waals surface area contributed by atoms with E-state index >= 15 is 0 Å². The highest BCUT2D eigenvalue weighted by atomic mass is 127. The number of rotatable bonds is 6. The third kappa shape index (κ3) is 6.57. The lowest BCUT2D eigenvalue weighted by Gasteiger charge is -2.26. The van der Waals surface area contributed by atoms with Crippen molar-refractivity contribution in [2.45, 2.75) is 31.9 Å². The Morgan fingerprint density at radius 1 is 1.29 bits per heavy atom. The van der Waals surface area contributed by atoms with Crippen molar-refractivity contribution in [1.29, 1.82) is 0 Å². The first kappa shape index (κ1) is 21.2. The van der Waals surface area contributed by atoms with Gasteiger partial charge < -0.3 is 20.3 Å². The Kier molecular flexibility index (Phi) is 9.61. The summed E-state index contributed by atoms with van der Waals surface area (Å²) < 4.78 is 5.64. The first-order valence-corrected chi connectivity index (χ1v) is 8.39. The maximum atomic E-state index is 5.64. The van der Waals surface area contributed by atoms with Crippen LogP contribution in [0.1, 0.15) is 30.0 Å². The molecule has 2 rings (SSSR count). The molecule has 2 N–H and O–H groups in total. The fourth-order valence-electron chi connectivity index (χ4n) is 2.82. The van der Waals surface area contributed by atoms with E-state index in [0.29, 0.717) is 12.1 Å².